The highest BCUT2D eigenvalue weighted by atomic mass is 35.5. The minimum Gasteiger partial charge on any atom is -0.336 e. The molecule has 0 spiro atoms. The molecule has 19 heavy (non-hydrogen) atoms. The quantitative estimate of drug-likeness (QED) is 0.870. The van der Waals surface area contributed by atoms with Gasteiger partial charge in [-0.05, 0) is 18.2 Å². The molecule has 0 aliphatic rings. The van der Waals surface area contributed by atoms with E-state index in [2.05, 4.69) is 5.32 Å². The molecule has 0 aromatic heterocycles. The Hall–Kier alpha value is -1.30. The molecule has 5 nitrogen and oxygen atoms in total. The lowest BCUT2D eigenvalue weighted by Crippen LogP contribution is -2.35. The number of rotatable bonds is 5. The number of carbonyl (C=O) groups is 2. The first-order valence-corrected chi connectivity index (χ1v) is 6.38. The Morgan fingerprint density at radius 3 is 2.58 bits per heavy atom. The largest absolute Gasteiger partial charge is 0.336 e. The smallest absolute Gasteiger partial charge is 0.243 e. The van der Waals surface area contributed by atoms with Crippen LogP contribution in [0.4, 0.5) is 5.69 Å². The normalized spacial score (nSPS) is 10.1. The van der Waals surface area contributed by atoms with Crippen LogP contribution in [-0.4, -0.2) is 36.9 Å². The number of anilines is 1. The van der Waals surface area contributed by atoms with Crippen molar-refractivity contribution in [2.75, 3.05) is 25.5 Å². The summed E-state index contributed by atoms with van der Waals surface area (Å²) in [6.45, 7) is 0.219. The predicted molar refractivity (Wildman–Crippen MR) is 76.4 cm³/mol. The molecule has 0 saturated carbocycles. The van der Waals surface area contributed by atoms with Crippen LogP contribution in [0.15, 0.2) is 18.2 Å². The van der Waals surface area contributed by atoms with Crippen LogP contribution in [-0.2, 0) is 9.59 Å². The highest BCUT2D eigenvalue weighted by molar-refractivity contribution is 6.42. The average molecular weight is 304 g/mol. The third-order valence-corrected chi connectivity index (χ3v) is 3.11. The Kier molecular flexibility index (Phi) is 6.08. The maximum absolute atomic E-state index is 11.7. The SMILES string of the molecule is CN(CC(=O)Nc1ccc(Cl)c(Cl)c1)C(=O)CCN. The lowest BCUT2D eigenvalue weighted by molar-refractivity contribution is -0.133. The van der Waals surface area contributed by atoms with Gasteiger partial charge in [0.1, 0.15) is 0 Å². The summed E-state index contributed by atoms with van der Waals surface area (Å²) < 4.78 is 0. The highest BCUT2D eigenvalue weighted by Crippen LogP contribution is 2.24. The predicted octanol–water partition coefficient (Wildman–Crippen LogP) is 1.74. The second kappa shape index (κ2) is 7.33. The Morgan fingerprint density at radius 2 is 2.00 bits per heavy atom. The zero-order chi connectivity index (χ0) is 14.4. The molecule has 1 aromatic carbocycles. The molecule has 0 bridgehead atoms. The third kappa shape index (κ3) is 5.06. The molecule has 0 radical (unpaired) electrons. The van der Waals surface area contributed by atoms with E-state index >= 15 is 0 Å². The van der Waals surface area contributed by atoms with Gasteiger partial charge in [0.25, 0.3) is 0 Å². The maximum atomic E-state index is 11.7. The van der Waals surface area contributed by atoms with E-state index in [9.17, 15) is 9.59 Å². The molecule has 0 fully saturated rings. The van der Waals surface area contributed by atoms with Gasteiger partial charge in [0, 0.05) is 25.7 Å². The van der Waals surface area contributed by atoms with Gasteiger partial charge in [0.05, 0.1) is 16.6 Å². The lowest BCUT2D eigenvalue weighted by atomic mass is 10.3. The summed E-state index contributed by atoms with van der Waals surface area (Å²) >= 11 is 11.6. The van der Waals surface area contributed by atoms with E-state index < -0.39 is 0 Å². The molecule has 3 N–H and O–H groups in total. The van der Waals surface area contributed by atoms with Crippen LogP contribution in [0.1, 0.15) is 6.42 Å². The van der Waals surface area contributed by atoms with E-state index in [0.29, 0.717) is 15.7 Å². The van der Waals surface area contributed by atoms with E-state index in [1.165, 1.54) is 4.90 Å². The van der Waals surface area contributed by atoms with E-state index in [4.69, 9.17) is 28.9 Å². The monoisotopic (exact) mass is 303 g/mol. The van der Waals surface area contributed by atoms with Crippen molar-refractivity contribution in [3.05, 3.63) is 28.2 Å². The van der Waals surface area contributed by atoms with E-state index in [-0.39, 0.29) is 31.3 Å². The molecule has 7 heteroatoms. The zero-order valence-electron chi connectivity index (χ0n) is 10.5. The Labute approximate surface area is 121 Å². The van der Waals surface area contributed by atoms with Crippen molar-refractivity contribution >= 4 is 40.7 Å². The number of benzene rings is 1. The highest BCUT2D eigenvalue weighted by Gasteiger charge is 2.12. The summed E-state index contributed by atoms with van der Waals surface area (Å²) in [6, 6.07) is 4.76. The average Bonchev–Trinajstić information content (AvgIpc) is 2.34. The van der Waals surface area contributed by atoms with Crippen molar-refractivity contribution in [3.8, 4) is 0 Å². The number of likely N-dealkylation sites (N-methyl/N-ethyl adjacent to an activating group) is 1. The number of hydrogen-bond acceptors (Lipinski definition) is 3. The maximum Gasteiger partial charge on any atom is 0.243 e. The lowest BCUT2D eigenvalue weighted by Gasteiger charge is -2.16. The van der Waals surface area contributed by atoms with Crippen LogP contribution in [0.25, 0.3) is 0 Å². The van der Waals surface area contributed by atoms with Crippen LogP contribution >= 0.6 is 23.2 Å². The van der Waals surface area contributed by atoms with Gasteiger partial charge < -0.3 is 16.0 Å². The zero-order valence-corrected chi connectivity index (χ0v) is 12.0. The number of hydrogen-bond donors (Lipinski definition) is 2. The standard InChI is InChI=1S/C12H15Cl2N3O2/c1-17(12(19)4-5-15)7-11(18)16-8-2-3-9(13)10(14)6-8/h2-3,6H,4-5,7,15H2,1H3,(H,16,18). The van der Waals surface area contributed by atoms with E-state index in [1.807, 2.05) is 0 Å². The van der Waals surface area contributed by atoms with Gasteiger partial charge in [-0.2, -0.15) is 0 Å². The molecule has 0 saturated heterocycles. The topological polar surface area (TPSA) is 75.4 Å². The van der Waals surface area contributed by atoms with Crippen molar-refractivity contribution < 1.29 is 9.59 Å². The molecule has 0 aliphatic carbocycles. The van der Waals surface area contributed by atoms with Crippen LogP contribution in [0.3, 0.4) is 0 Å². The fourth-order valence-corrected chi connectivity index (χ4v) is 1.69. The molecule has 0 unspecified atom stereocenters. The summed E-state index contributed by atoms with van der Waals surface area (Å²) in [5.41, 5.74) is 5.80. The fourth-order valence-electron chi connectivity index (χ4n) is 1.39. The summed E-state index contributed by atoms with van der Waals surface area (Å²) in [5.74, 6) is -0.488. The molecule has 0 atom stereocenters. The molecule has 0 aliphatic heterocycles. The van der Waals surface area contributed by atoms with Crippen molar-refractivity contribution in [2.24, 2.45) is 5.73 Å². The molecule has 2 amide bonds. The molecular weight excluding hydrogens is 289 g/mol. The molecule has 104 valence electrons. The third-order valence-electron chi connectivity index (χ3n) is 2.37. The van der Waals surface area contributed by atoms with Crippen molar-refractivity contribution in [1.82, 2.24) is 4.90 Å². The molecule has 0 heterocycles. The first kappa shape index (κ1) is 15.8. The van der Waals surface area contributed by atoms with Crippen LogP contribution in [0.5, 0.6) is 0 Å². The Bertz CT molecular complexity index is 480. The summed E-state index contributed by atoms with van der Waals surface area (Å²) in [7, 11) is 1.55. The summed E-state index contributed by atoms with van der Waals surface area (Å²) in [6.07, 6.45) is 0.219. The number of carbonyl (C=O) groups excluding carboxylic acids is 2. The summed E-state index contributed by atoms with van der Waals surface area (Å²) in [5, 5.41) is 3.40. The number of halogens is 2. The summed E-state index contributed by atoms with van der Waals surface area (Å²) in [4.78, 5) is 24.5. The van der Waals surface area contributed by atoms with Gasteiger partial charge in [-0.25, -0.2) is 0 Å². The van der Waals surface area contributed by atoms with Crippen molar-refractivity contribution in [1.29, 1.82) is 0 Å². The minimum atomic E-state index is -0.314. The van der Waals surface area contributed by atoms with Gasteiger partial charge in [0.15, 0.2) is 0 Å². The number of nitrogens with two attached hydrogens (primary N) is 1. The fraction of sp³-hybridized carbons (Fsp3) is 0.333. The number of amides is 2. The first-order chi connectivity index (χ1) is 8.93. The second-order valence-corrected chi connectivity index (χ2v) is 4.78. The van der Waals surface area contributed by atoms with Gasteiger partial charge in [-0.1, -0.05) is 23.2 Å². The van der Waals surface area contributed by atoms with Gasteiger partial charge in [0.2, 0.25) is 11.8 Å². The Morgan fingerprint density at radius 1 is 1.32 bits per heavy atom. The second-order valence-electron chi connectivity index (χ2n) is 3.97. The van der Waals surface area contributed by atoms with E-state index in [1.54, 1.807) is 25.2 Å². The van der Waals surface area contributed by atoms with E-state index in [0.717, 1.165) is 0 Å². The van der Waals surface area contributed by atoms with Crippen LogP contribution < -0.4 is 11.1 Å². The van der Waals surface area contributed by atoms with Gasteiger partial charge in [-0.3, -0.25) is 9.59 Å². The number of nitrogens with zero attached hydrogens (tertiary/aromatic N) is 1. The first-order valence-electron chi connectivity index (χ1n) is 5.63. The molecule has 1 rings (SSSR count). The van der Waals surface area contributed by atoms with Crippen LogP contribution in [0, 0.1) is 0 Å². The molecular formula is C12H15Cl2N3O2. The van der Waals surface area contributed by atoms with Gasteiger partial charge >= 0.3 is 0 Å². The van der Waals surface area contributed by atoms with Gasteiger partial charge in [-0.15, -0.1) is 0 Å². The van der Waals surface area contributed by atoms with Crippen molar-refractivity contribution in [2.45, 2.75) is 6.42 Å². The Balaban J connectivity index is 2.55. The number of nitrogens with one attached hydrogen (secondary N) is 1. The minimum absolute atomic E-state index is 0.0426. The molecule has 1 aromatic rings. The van der Waals surface area contributed by atoms with Crippen molar-refractivity contribution in [3.63, 3.8) is 0 Å². The van der Waals surface area contributed by atoms with Crippen LogP contribution in [0.2, 0.25) is 10.0 Å².